The molecule has 0 radical (unpaired) electrons. The van der Waals surface area contributed by atoms with E-state index in [4.69, 9.17) is 4.98 Å². The minimum Gasteiger partial charge on any atom is -0.352 e. The van der Waals surface area contributed by atoms with Crippen LogP contribution >= 0.6 is 0 Å². The predicted molar refractivity (Wildman–Crippen MR) is 139 cm³/mol. The molecule has 0 fully saturated rings. The first-order valence-electron chi connectivity index (χ1n) is 12.1. The average molecular weight is 487 g/mol. The molecule has 4 aromatic rings. The number of nitrogens with one attached hydrogen (secondary N) is 1. The first-order chi connectivity index (χ1) is 17.3. The van der Waals surface area contributed by atoms with Crippen LogP contribution in [0.4, 0.5) is 17.3 Å². The summed E-state index contributed by atoms with van der Waals surface area (Å²) in [5.41, 5.74) is 2.12. The monoisotopic (exact) mass is 486 g/mol. The largest absolute Gasteiger partial charge is 0.352 e. The lowest BCUT2D eigenvalue weighted by Crippen LogP contribution is -2.50. The van der Waals surface area contributed by atoms with Gasteiger partial charge in [-0.15, -0.1) is 0 Å². The van der Waals surface area contributed by atoms with Crippen LogP contribution in [0.15, 0.2) is 48.9 Å². The van der Waals surface area contributed by atoms with E-state index in [1.807, 2.05) is 66.2 Å². The molecule has 36 heavy (non-hydrogen) atoms. The topological polar surface area (TPSA) is 101 Å². The van der Waals surface area contributed by atoms with Crippen LogP contribution in [0, 0.1) is 5.92 Å². The molecule has 0 spiro atoms. The fourth-order valence-electron chi connectivity index (χ4n) is 4.50. The molecule has 1 atom stereocenters. The third-order valence-corrected chi connectivity index (χ3v) is 6.43. The highest BCUT2D eigenvalue weighted by Crippen LogP contribution is 2.39. The quantitative estimate of drug-likeness (QED) is 0.448. The number of hydrogen-bond donors (Lipinski definition) is 1. The van der Waals surface area contributed by atoms with Gasteiger partial charge in [-0.2, -0.15) is 10.1 Å². The number of fused-ring (bicyclic) bond motifs is 2. The zero-order valence-electron chi connectivity index (χ0n) is 21.1. The van der Waals surface area contributed by atoms with Gasteiger partial charge in [-0.3, -0.25) is 23.7 Å². The van der Waals surface area contributed by atoms with Crippen molar-refractivity contribution in [3.8, 4) is 5.95 Å². The van der Waals surface area contributed by atoms with Crippen molar-refractivity contribution in [2.75, 3.05) is 23.4 Å². The minimum absolute atomic E-state index is 0.0262. The number of amides is 2. The molecule has 4 heterocycles. The Morgan fingerprint density at radius 3 is 2.64 bits per heavy atom. The van der Waals surface area contributed by atoms with Crippen LogP contribution in [0.3, 0.4) is 0 Å². The van der Waals surface area contributed by atoms with Crippen molar-refractivity contribution < 1.29 is 9.59 Å². The summed E-state index contributed by atoms with van der Waals surface area (Å²) < 4.78 is 3.60. The van der Waals surface area contributed by atoms with Gasteiger partial charge in [0.1, 0.15) is 11.7 Å². The van der Waals surface area contributed by atoms with Crippen molar-refractivity contribution in [1.29, 1.82) is 0 Å². The number of carbonyl (C=O) groups excluding carboxylic acids is 2. The zero-order chi connectivity index (χ0) is 25.6. The van der Waals surface area contributed by atoms with Crippen molar-refractivity contribution >= 4 is 40.0 Å². The number of aromatic nitrogens is 5. The molecular weight excluding hydrogens is 456 g/mol. The van der Waals surface area contributed by atoms with Gasteiger partial charge < -0.3 is 10.2 Å². The lowest BCUT2D eigenvalue weighted by molar-refractivity contribution is -0.119. The first kappa shape index (κ1) is 23.5. The maximum absolute atomic E-state index is 13.1. The van der Waals surface area contributed by atoms with Crippen molar-refractivity contribution in [1.82, 2.24) is 29.6 Å². The van der Waals surface area contributed by atoms with Crippen LogP contribution in [0.5, 0.6) is 0 Å². The number of hydrogen-bond acceptors (Lipinski definition) is 6. The molecule has 2 amide bonds. The van der Waals surface area contributed by atoms with Gasteiger partial charge in [0, 0.05) is 50.0 Å². The summed E-state index contributed by atoms with van der Waals surface area (Å²) in [6.07, 6.45) is 6.02. The number of likely N-dealkylation sites (N-methyl/N-ethyl adjacent to an activating group) is 1. The highest BCUT2D eigenvalue weighted by molar-refractivity contribution is 6.06. The van der Waals surface area contributed by atoms with Gasteiger partial charge in [0.25, 0.3) is 5.91 Å². The molecule has 0 aliphatic carbocycles. The second kappa shape index (κ2) is 9.10. The van der Waals surface area contributed by atoms with Crippen molar-refractivity contribution in [2.24, 2.45) is 13.0 Å². The predicted octanol–water partition coefficient (Wildman–Crippen LogP) is 3.43. The Kier molecular flexibility index (Phi) is 5.95. The van der Waals surface area contributed by atoms with E-state index < -0.39 is 6.04 Å². The van der Waals surface area contributed by atoms with Gasteiger partial charge in [0.05, 0.1) is 11.7 Å². The average Bonchev–Trinajstić information content (AvgIpc) is 3.49. The number of nitrogens with zero attached hydrogens (tertiary/aromatic N) is 7. The van der Waals surface area contributed by atoms with Crippen LogP contribution < -0.4 is 15.1 Å². The summed E-state index contributed by atoms with van der Waals surface area (Å²) >= 11 is 0. The summed E-state index contributed by atoms with van der Waals surface area (Å²) in [5.74, 6) is 2.02. The van der Waals surface area contributed by atoms with Gasteiger partial charge in [-0.25, -0.2) is 4.98 Å². The molecule has 10 nitrogen and oxygen atoms in total. The SMILES string of the molecule is CCC1C(=O)N(C)c2cnc(-n3ccc4cc(C(=O)NCC(C)C)ccc43)nc2N1c1ccn(C)n1. The Hall–Kier alpha value is -4.21. The molecule has 5 rings (SSSR count). The van der Waals surface area contributed by atoms with Crippen molar-refractivity contribution in [3.05, 3.63) is 54.5 Å². The van der Waals surface area contributed by atoms with Crippen LogP contribution in [-0.4, -0.2) is 55.8 Å². The second-order valence-corrected chi connectivity index (χ2v) is 9.48. The Morgan fingerprint density at radius 1 is 1.14 bits per heavy atom. The van der Waals surface area contributed by atoms with Gasteiger partial charge in [-0.05, 0) is 36.6 Å². The lowest BCUT2D eigenvalue weighted by atomic mass is 10.1. The van der Waals surface area contributed by atoms with Crippen molar-refractivity contribution in [3.63, 3.8) is 0 Å². The molecule has 0 saturated carbocycles. The third-order valence-electron chi connectivity index (χ3n) is 6.43. The molecule has 1 aliphatic heterocycles. The molecule has 3 aromatic heterocycles. The molecule has 186 valence electrons. The number of anilines is 3. The van der Waals surface area contributed by atoms with Crippen LogP contribution in [-0.2, 0) is 11.8 Å². The summed E-state index contributed by atoms with van der Waals surface area (Å²) in [6, 6.07) is 8.99. The van der Waals surface area contributed by atoms with Crippen LogP contribution in [0.1, 0.15) is 37.6 Å². The normalized spacial score (nSPS) is 15.6. The Morgan fingerprint density at radius 2 is 1.94 bits per heavy atom. The van der Waals surface area contributed by atoms with E-state index in [-0.39, 0.29) is 11.8 Å². The molecule has 1 unspecified atom stereocenters. The van der Waals surface area contributed by atoms with E-state index in [2.05, 4.69) is 29.2 Å². The van der Waals surface area contributed by atoms with E-state index >= 15 is 0 Å². The molecule has 1 N–H and O–H groups in total. The summed E-state index contributed by atoms with van der Waals surface area (Å²) in [7, 11) is 3.59. The number of benzene rings is 1. The number of rotatable bonds is 6. The summed E-state index contributed by atoms with van der Waals surface area (Å²) in [6.45, 7) is 6.73. The van der Waals surface area contributed by atoms with E-state index in [9.17, 15) is 9.59 Å². The zero-order valence-corrected chi connectivity index (χ0v) is 21.1. The molecule has 0 bridgehead atoms. The molecular formula is C26H30N8O2. The van der Waals surface area contributed by atoms with E-state index in [0.29, 0.717) is 47.7 Å². The number of carbonyl (C=O) groups is 2. The molecule has 10 heteroatoms. The van der Waals surface area contributed by atoms with Gasteiger partial charge in [0.15, 0.2) is 11.6 Å². The van der Waals surface area contributed by atoms with Crippen LogP contribution in [0.2, 0.25) is 0 Å². The second-order valence-electron chi connectivity index (χ2n) is 9.48. The van der Waals surface area contributed by atoms with Gasteiger partial charge in [0.2, 0.25) is 11.9 Å². The fraction of sp³-hybridized carbons (Fsp3) is 0.346. The maximum Gasteiger partial charge on any atom is 0.251 e. The van der Waals surface area contributed by atoms with Crippen LogP contribution in [0.25, 0.3) is 16.9 Å². The Labute approximate surface area is 209 Å². The maximum atomic E-state index is 13.1. The fourth-order valence-corrected chi connectivity index (χ4v) is 4.50. The Bertz CT molecular complexity index is 1450. The van der Waals surface area contributed by atoms with E-state index in [1.54, 1.807) is 22.8 Å². The molecule has 0 saturated heterocycles. The van der Waals surface area contributed by atoms with Gasteiger partial charge >= 0.3 is 0 Å². The highest BCUT2D eigenvalue weighted by atomic mass is 16.2. The lowest BCUT2D eigenvalue weighted by Gasteiger charge is -2.39. The summed E-state index contributed by atoms with van der Waals surface area (Å²) in [5, 5.41) is 8.42. The first-order valence-corrected chi connectivity index (χ1v) is 12.1. The Balaban J connectivity index is 1.56. The van der Waals surface area contributed by atoms with E-state index in [1.165, 1.54) is 0 Å². The van der Waals surface area contributed by atoms with Gasteiger partial charge in [-0.1, -0.05) is 20.8 Å². The third kappa shape index (κ3) is 3.98. The molecule has 1 aliphatic rings. The van der Waals surface area contributed by atoms with E-state index in [0.717, 1.165) is 10.9 Å². The standard InChI is InChI=1S/C26H30N8O2/c1-6-19-25(36)32(5)21-15-28-26(29-23(21)34(19)22-10-11-31(4)30-22)33-12-9-17-13-18(7-8-20(17)33)24(35)27-14-16(2)3/h7-13,15-16,19H,6,14H2,1-5H3,(H,27,35). The summed E-state index contributed by atoms with van der Waals surface area (Å²) in [4.78, 5) is 38.7. The smallest absolute Gasteiger partial charge is 0.251 e. The molecule has 1 aromatic carbocycles. The minimum atomic E-state index is -0.423. The number of aryl methyl sites for hydroxylation is 1. The highest BCUT2D eigenvalue weighted by Gasteiger charge is 2.39. The van der Waals surface area contributed by atoms with Crippen molar-refractivity contribution in [2.45, 2.75) is 33.2 Å².